The van der Waals surface area contributed by atoms with E-state index in [1.165, 1.54) is 18.2 Å². The number of methoxy groups -OCH3 is 1. The van der Waals surface area contributed by atoms with Crippen molar-refractivity contribution in [2.45, 2.75) is 13.1 Å². The average Bonchev–Trinajstić information content (AvgIpc) is 2.52. The van der Waals surface area contributed by atoms with E-state index in [0.29, 0.717) is 11.5 Å². The summed E-state index contributed by atoms with van der Waals surface area (Å²) in [6.07, 6.45) is -4.43. The number of nitrogens with zero attached hydrogens (tertiary/aromatic N) is 1. The summed E-state index contributed by atoms with van der Waals surface area (Å²) in [5, 5.41) is 4.03. The van der Waals surface area contributed by atoms with Crippen LogP contribution in [-0.2, 0) is 6.18 Å². The van der Waals surface area contributed by atoms with Gasteiger partial charge >= 0.3 is 6.18 Å². The van der Waals surface area contributed by atoms with Crippen molar-refractivity contribution >= 4 is 11.4 Å². The summed E-state index contributed by atoms with van der Waals surface area (Å²) in [5.41, 5.74) is 2.96. The third-order valence-electron chi connectivity index (χ3n) is 3.06. The van der Waals surface area contributed by atoms with E-state index >= 15 is 0 Å². The largest absolute Gasteiger partial charge is 0.497 e. The minimum Gasteiger partial charge on any atom is -0.497 e. The molecule has 0 radical (unpaired) electrons. The number of nitrogens with one attached hydrogen (secondary N) is 1. The lowest BCUT2D eigenvalue weighted by Crippen LogP contribution is -2.09. The van der Waals surface area contributed by atoms with Crippen LogP contribution in [0, 0.1) is 0 Å². The van der Waals surface area contributed by atoms with Crippen molar-refractivity contribution in [1.29, 1.82) is 0 Å². The van der Waals surface area contributed by atoms with Gasteiger partial charge in [-0.25, -0.2) is 0 Å². The highest BCUT2D eigenvalue weighted by Gasteiger charge is 2.33. The molecule has 0 spiro atoms. The Morgan fingerprint density at radius 1 is 1.09 bits per heavy atom. The molecule has 2 rings (SSSR count). The molecule has 3 nitrogen and oxygen atoms in total. The van der Waals surface area contributed by atoms with Gasteiger partial charge in [-0.2, -0.15) is 18.3 Å². The summed E-state index contributed by atoms with van der Waals surface area (Å²) in [6.45, 7) is 1.71. The van der Waals surface area contributed by atoms with Crippen molar-refractivity contribution < 1.29 is 17.9 Å². The quantitative estimate of drug-likeness (QED) is 0.664. The van der Waals surface area contributed by atoms with Crippen molar-refractivity contribution in [2.75, 3.05) is 12.5 Å². The van der Waals surface area contributed by atoms with Crippen molar-refractivity contribution in [2.24, 2.45) is 5.10 Å². The van der Waals surface area contributed by atoms with Gasteiger partial charge in [0.05, 0.1) is 24.1 Å². The van der Waals surface area contributed by atoms with Crippen LogP contribution in [0.25, 0.3) is 0 Å². The SMILES string of the molecule is COc1cccc(/C(C)=N\Nc2ccccc2C(F)(F)F)c1. The van der Waals surface area contributed by atoms with Crippen molar-refractivity contribution in [1.82, 2.24) is 0 Å². The number of hydrogen-bond acceptors (Lipinski definition) is 3. The molecule has 0 aliphatic rings. The van der Waals surface area contributed by atoms with Gasteiger partial charge in [-0.3, -0.25) is 5.43 Å². The van der Waals surface area contributed by atoms with E-state index in [4.69, 9.17) is 4.74 Å². The highest BCUT2D eigenvalue weighted by Crippen LogP contribution is 2.34. The number of halogens is 3. The summed E-state index contributed by atoms with van der Waals surface area (Å²) in [4.78, 5) is 0. The van der Waals surface area contributed by atoms with Gasteiger partial charge in [0, 0.05) is 5.56 Å². The normalized spacial score (nSPS) is 12.1. The fraction of sp³-hybridized carbons (Fsp3) is 0.188. The third-order valence-corrected chi connectivity index (χ3v) is 3.06. The van der Waals surface area contributed by atoms with Gasteiger partial charge in [0.2, 0.25) is 0 Å². The molecule has 6 heteroatoms. The molecule has 0 aliphatic carbocycles. The maximum Gasteiger partial charge on any atom is 0.418 e. The highest BCUT2D eigenvalue weighted by atomic mass is 19.4. The number of ether oxygens (including phenoxy) is 1. The number of benzene rings is 2. The van der Waals surface area contributed by atoms with Crippen LogP contribution < -0.4 is 10.2 Å². The number of hydrazone groups is 1. The van der Waals surface area contributed by atoms with E-state index in [1.54, 1.807) is 38.3 Å². The van der Waals surface area contributed by atoms with E-state index in [1.807, 2.05) is 0 Å². The van der Waals surface area contributed by atoms with Crippen molar-refractivity contribution in [3.05, 3.63) is 59.7 Å². The van der Waals surface area contributed by atoms with E-state index in [-0.39, 0.29) is 5.69 Å². The second kappa shape index (κ2) is 6.51. The standard InChI is InChI=1S/C16H15F3N2O/c1-11(12-6-5-7-13(10-12)22-2)20-21-15-9-4-3-8-14(15)16(17,18)19/h3-10,21H,1-2H3/b20-11-. The molecule has 2 aromatic rings. The molecule has 0 fully saturated rings. The fourth-order valence-corrected chi connectivity index (χ4v) is 1.88. The van der Waals surface area contributed by atoms with Crippen molar-refractivity contribution in [3.8, 4) is 5.75 Å². The lowest BCUT2D eigenvalue weighted by molar-refractivity contribution is -0.136. The summed E-state index contributed by atoms with van der Waals surface area (Å²) < 4.78 is 43.8. The molecule has 2 aromatic carbocycles. The molecule has 0 saturated heterocycles. The Hall–Kier alpha value is -2.50. The van der Waals surface area contributed by atoms with E-state index < -0.39 is 11.7 Å². The highest BCUT2D eigenvalue weighted by molar-refractivity contribution is 5.99. The van der Waals surface area contributed by atoms with Crippen LogP contribution in [0.3, 0.4) is 0 Å². The van der Waals surface area contributed by atoms with Gasteiger partial charge in [-0.1, -0.05) is 24.3 Å². The first-order chi connectivity index (χ1) is 10.4. The van der Waals surface area contributed by atoms with E-state index in [9.17, 15) is 13.2 Å². The Balaban J connectivity index is 2.25. The predicted molar refractivity (Wildman–Crippen MR) is 80.3 cm³/mol. The van der Waals surface area contributed by atoms with Crippen LogP contribution in [0.15, 0.2) is 53.6 Å². The zero-order valence-corrected chi connectivity index (χ0v) is 12.1. The molecule has 0 aliphatic heterocycles. The van der Waals surface area contributed by atoms with Crippen LogP contribution in [-0.4, -0.2) is 12.8 Å². The summed E-state index contributed by atoms with van der Waals surface area (Å²) in [5.74, 6) is 0.655. The Bertz CT molecular complexity index is 681. The Morgan fingerprint density at radius 3 is 2.50 bits per heavy atom. The zero-order valence-electron chi connectivity index (χ0n) is 12.1. The summed E-state index contributed by atoms with van der Waals surface area (Å²) in [7, 11) is 1.55. The molecule has 0 heterocycles. The van der Waals surface area contributed by atoms with Crippen LogP contribution in [0.1, 0.15) is 18.1 Å². The predicted octanol–water partition coefficient (Wildman–Crippen LogP) is 4.55. The minimum absolute atomic E-state index is 0.0859. The Labute approximate surface area is 126 Å². The van der Waals surface area contributed by atoms with Crippen LogP contribution >= 0.6 is 0 Å². The second-order valence-corrected chi connectivity index (χ2v) is 4.58. The Kier molecular flexibility index (Phi) is 4.70. The molecule has 0 saturated carbocycles. The first-order valence-corrected chi connectivity index (χ1v) is 6.53. The van der Waals surface area contributed by atoms with Crippen LogP contribution in [0.4, 0.5) is 18.9 Å². The molecule has 0 unspecified atom stereocenters. The smallest absolute Gasteiger partial charge is 0.418 e. The van der Waals surface area contributed by atoms with Crippen LogP contribution in [0.2, 0.25) is 0 Å². The fourth-order valence-electron chi connectivity index (χ4n) is 1.88. The van der Waals surface area contributed by atoms with Crippen LogP contribution in [0.5, 0.6) is 5.75 Å². The Morgan fingerprint density at radius 2 is 1.82 bits per heavy atom. The second-order valence-electron chi connectivity index (χ2n) is 4.58. The molecule has 116 valence electrons. The van der Waals surface area contributed by atoms with Gasteiger partial charge in [0.1, 0.15) is 5.75 Å². The van der Waals surface area contributed by atoms with Gasteiger partial charge in [0.15, 0.2) is 0 Å². The molecule has 0 bridgehead atoms. The van der Waals surface area contributed by atoms with Gasteiger partial charge in [-0.15, -0.1) is 0 Å². The average molecular weight is 308 g/mol. The number of alkyl halides is 3. The topological polar surface area (TPSA) is 33.6 Å². The third kappa shape index (κ3) is 3.78. The molecule has 1 N–H and O–H groups in total. The molecule has 0 aromatic heterocycles. The molecular weight excluding hydrogens is 293 g/mol. The molecule has 22 heavy (non-hydrogen) atoms. The first-order valence-electron chi connectivity index (χ1n) is 6.53. The molecule has 0 atom stereocenters. The maximum absolute atomic E-state index is 12.9. The number of anilines is 1. The van der Waals surface area contributed by atoms with E-state index in [0.717, 1.165) is 11.6 Å². The number of rotatable bonds is 4. The lowest BCUT2D eigenvalue weighted by atomic mass is 10.1. The maximum atomic E-state index is 12.9. The summed E-state index contributed by atoms with van der Waals surface area (Å²) >= 11 is 0. The molecule has 0 amide bonds. The number of para-hydroxylation sites is 1. The zero-order chi connectivity index (χ0) is 16.2. The first kappa shape index (κ1) is 15.9. The van der Waals surface area contributed by atoms with Crippen molar-refractivity contribution in [3.63, 3.8) is 0 Å². The summed E-state index contributed by atoms with van der Waals surface area (Å²) in [6, 6.07) is 12.3. The van der Waals surface area contributed by atoms with Gasteiger partial charge < -0.3 is 4.74 Å². The van der Waals surface area contributed by atoms with Gasteiger partial charge in [-0.05, 0) is 31.2 Å². The monoisotopic (exact) mass is 308 g/mol. The lowest BCUT2D eigenvalue weighted by Gasteiger charge is -2.12. The van der Waals surface area contributed by atoms with E-state index in [2.05, 4.69) is 10.5 Å². The van der Waals surface area contributed by atoms with Gasteiger partial charge in [0.25, 0.3) is 0 Å². The minimum atomic E-state index is -4.43. The molecular formula is C16H15F3N2O. The number of hydrogen-bond donors (Lipinski definition) is 1.